The number of nitrogens with one attached hydrogen (secondary N) is 1. The number of pyridine rings is 1. The maximum Gasteiger partial charge on any atom is 0.132 e. The van der Waals surface area contributed by atoms with Crippen LogP contribution in [-0.2, 0) is 12.8 Å². The molecule has 2 aliphatic rings. The molecular weight excluding hydrogens is 222 g/mol. The third kappa shape index (κ3) is 2.12. The number of rotatable bonds is 2. The van der Waals surface area contributed by atoms with Gasteiger partial charge in [0.25, 0.3) is 0 Å². The molecular formula is C15H23N3. The van der Waals surface area contributed by atoms with Gasteiger partial charge < -0.3 is 10.2 Å². The number of hydrogen-bond acceptors (Lipinski definition) is 3. The van der Waals surface area contributed by atoms with E-state index in [9.17, 15) is 0 Å². The topological polar surface area (TPSA) is 28.2 Å². The van der Waals surface area contributed by atoms with Crippen molar-refractivity contribution in [3.63, 3.8) is 0 Å². The van der Waals surface area contributed by atoms with Crippen molar-refractivity contribution in [2.75, 3.05) is 24.5 Å². The van der Waals surface area contributed by atoms with Crippen molar-refractivity contribution in [2.45, 2.75) is 39.2 Å². The predicted molar refractivity (Wildman–Crippen MR) is 75.1 cm³/mol. The molecule has 3 heterocycles. The molecule has 18 heavy (non-hydrogen) atoms. The fraction of sp³-hybridized carbons (Fsp3) is 0.667. The second-order valence-corrected chi connectivity index (χ2v) is 5.96. The first kappa shape index (κ1) is 12.0. The standard InChI is InChI=1S/C15H23N3/c1-11(2)9-12-5-6-17-15-14(12)4-3-13-10-16-7-8-18(13)15/h5-6,11,13,16H,3-4,7-10H2,1-2H3/t13-/m1/s1. The Kier molecular flexibility index (Phi) is 3.25. The Balaban J connectivity index is 1.94. The number of nitrogens with zero attached hydrogens (tertiary/aromatic N) is 2. The fourth-order valence-corrected chi connectivity index (χ4v) is 3.28. The third-order valence-electron chi connectivity index (χ3n) is 4.11. The van der Waals surface area contributed by atoms with Gasteiger partial charge >= 0.3 is 0 Å². The molecule has 0 aromatic carbocycles. The Morgan fingerprint density at radius 2 is 2.39 bits per heavy atom. The van der Waals surface area contributed by atoms with E-state index in [0.29, 0.717) is 6.04 Å². The van der Waals surface area contributed by atoms with Gasteiger partial charge in [-0.05, 0) is 42.4 Å². The average molecular weight is 245 g/mol. The highest BCUT2D eigenvalue weighted by molar-refractivity contribution is 5.54. The highest BCUT2D eigenvalue weighted by Gasteiger charge is 2.30. The van der Waals surface area contributed by atoms with Gasteiger partial charge in [-0.1, -0.05) is 13.8 Å². The van der Waals surface area contributed by atoms with E-state index in [1.165, 1.54) is 36.2 Å². The minimum absolute atomic E-state index is 0.660. The lowest BCUT2D eigenvalue weighted by molar-refractivity contribution is 0.434. The van der Waals surface area contributed by atoms with Crippen molar-refractivity contribution in [2.24, 2.45) is 5.92 Å². The first-order valence-corrected chi connectivity index (χ1v) is 7.20. The van der Waals surface area contributed by atoms with E-state index in [2.05, 4.69) is 35.1 Å². The van der Waals surface area contributed by atoms with Crippen molar-refractivity contribution in [1.82, 2.24) is 10.3 Å². The van der Waals surface area contributed by atoms with Gasteiger partial charge in [0, 0.05) is 31.9 Å². The Morgan fingerprint density at radius 3 is 3.22 bits per heavy atom. The molecule has 0 bridgehead atoms. The second kappa shape index (κ2) is 4.88. The van der Waals surface area contributed by atoms with Crippen molar-refractivity contribution in [3.05, 3.63) is 23.4 Å². The van der Waals surface area contributed by atoms with Crippen LogP contribution in [0.5, 0.6) is 0 Å². The molecule has 1 N–H and O–H groups in total. The highest BCUT2D eigenvalue weighted by Crippen LogP contribution is 2.32. The number of fused-ring (bicyclic) bond motifs is 3. The fourth-order valence-electron chi connectivity index (χ4n) is 3.28. The van der Waals surface area contributed by atoms with Crippen molar-refractivity contribution >= 4 is 5.82 Å². The summed E-state index contributed by atoms with van der Waals surface area (Å²) in [7, 11) is 0. The molecule has 3 rings (SSSR count). The minimum Gasteiger partial charge on any atom is -0.351 e. The lowest BCUT2D eigenvalue weighted by atomic mass is 9.90. The first-order chi connectivity index (χ1) is 8.75. The van der Waals surface area contributed by atoms with Crippen LogP contribution in [0.25, 0.3) is 0 Å². The summed E-state index contributed by atoms with van der Waals surface area (Å²) in [6.07, 6.45) is 5.66. The van der Waals surface area contributed by atoms with Gasteiger partial charge in [-0.25, -0.2) is 4.98 Å². The molecule has 3 heteroatoms. The number of hydrogen-bond donors (Lipinski definition) is 1. The van der Waals surface area contributed by atoms with Gasteiger partial charge in [-0.15, -0.1) is 0 Å². The largest absolute Gasteiger partial charge is 0.351 e. The van der Waals surface area contributed by atoms with E-state index < -0.39 is 0 Å². The third-order valence-corrected chi connectivity index (χ3v) is 4.11. The average Bonchev–Trinajstić information content (AvgIpc) is 2.38. The van der Waals surface area contributed by atoms with Crippen LogP contribution < -0.4 is 10.2 Å². The van der Waals surface area contributed by atoms with Crippen LogP contribution in [0.3, 0.4) is 0 Å². The molecule has 0 aliphatic carbocycles. The van der Waals surface area contributed by atoms with Gasteiger partial charge in [0.15, 0.2) is 0 Å². The van der Waals surface area contributed by atoms with E-state index in [1.54, 1.807) is 0 Å². The first-order valence-electron chi connectivity index (χ1n) is 7.20. The molecule has 0 saturated carbocycles. The van der Waals surface area contributed by atoms with Gasteiger partial charge in [-0.2, -0.15) is 0 Å². The van der Waals surface area contributed by atoms with Crippen LogP contribution in [0.15, 0.2) is 12.3 Å². The van der Waals surface area contributed by atoms with Crippen molar-refractivity contribution < 1.29 is 0 Å². The molecule has 0 spiro atoms. The number of anilines is 1. The molecule has 0 amide bonds. The quantitative estimate of drug-likeness (QED) is 0.864. The summed E-state index contributed by atoms with van der Waals surface area (Å²) >= 11 is 0. The Hall–Kier alpha value is -1.09. The molecule has 3 nitrogen and oxygen atoms in total. The Morgan fingerprint density at radius 1 is 1.50 bits per heavy atom. The van der Waals surface area contributed by atoms with Crippen LogP contribution >= 0.6 is 0 Å². The molecule has 1 aromatic heterocycles. The summed E-state index contributed by atoms with van der Waals surface area (Å²) in [6.45, 7) is 7.91. The van der Waals surface area contributed by atoms with Crippen LogP contribution in [-0.4, -0.2) is 30.7 Å². The molecule has 0 radical (unpaired) electrons. The summed E-state index contributed by atoms with van der Waals surface area (Å²) in [5, 5.41) is 3.49. The van der Waals surface area contributed by atoms with E-state index in [1.807, 2.05) is 6.20 Å². The second-order valence-electron chi connectivity index (χ2n) is 5.96. The van der Waals surface area contributed by atoms with E-state index in [0.717, 1.165) is 25.6 Å². The monoisotopic (exact) mass is 245 g/mol. The van der Waals surface area contributed by atoms with Gasteiger partial charge in [0.1, 0.15) is 5.82 Å². The summed E-state index contributed by atoms with van der Waals surface area (Å²) in [5.41, 5.74) is 3.04. The molecule has 98 valence electrons. The minimum atomic E-state index is 0.660. The Bertz CT molecular complexity index is 428. The molecule has 1 aromatic rings. The zero-order valence-electron chi connectivity index (χ0n) is 11.4. The lowest BCUT2D eigenvalue weighted by Crippen LogP contribution is -2.53. The summed E-state index contributed by atoms with van der Waals surface area (Å²) < 4.78 is 0. The molecule has 1 saturated heterocycles. The summed E-state index contributed by atoms with van der Waals surface area (Å²) in [5.74, 6) is 1.99. The highest BCUT2D eigenvalue weighted by atomic mass is 15.3. The SMILES string of the molecule is CC(C)Cc1ccnc2c1CC[C@@H]1CNCCN21. The van der Waals surface area contributed by atoms with Gasteiger partial charge in [0.2, 0.25) is 0 Å². The normalized spacial score (nSPS) is 22.8. The number of piperazine rings is 1. The van der Waals surface area contributed by atoms with Crippen molar-refractivity contribution in [1.29, 1.82) is 0 Å². The summed E-state index contributed by atoms with van der Waals surface area (Å²) in [6, 6.07) is 2.88. The summed E-state index contributed by atoms with van der Waals surface area (Å²) in [4.78, 5) is 7.20. The smallest absolute Gasteiger partial charge is 0.132 e. The molecule has 2 aliphatic heterocycles. The van der Waals surface area contributed by atoms with E-state index in [4.69, 9.17) is 0 Å². The molecule has 1 atom stereocenters. The van der Waals surface area contributed by atoms with E-state index in [-0.39, 0.29) is 0 Å². The Labute approximate surface area is 110 Å². The van der Waals surface area contributed by atoms with E-state index >= 15 is 0 Å². The maximum absolute atomic E-state index is 4.67. The zero-order valence-corrected chi connectivity index (χ0v) is 11.4. The van der Waals surface area contributed by atoms with Crippen molar-refractivity contribution in [3.8, 4) is 0 Å². The molecule has 0 unspecified atom stereocenters. The lowest BCUT2D eigenvalue weighted by Gasteiger charge is -2.42. The predicted octanol–water partition coefficient (Wildman–Crippen LogP) is 2.00. The van der Waals surface area contributed by atoms with Gasteiger partial charge in [0.05, 0.1) is 0 Å². The van der Waals surface area contributed by atoms with Crippen LogP contribution in [0.4, 0.5) is 5.82 Å². The number of aromatic nitrogens is 1. The zero-order chi connectivity index (χ0) is 12.5. The van der Waals surface area contributed by atoms with Gasteiger partial charge in [-0.3, -0.25) is 0 Å². The van der Waals surface area contributed by atoms with Crippen LogP contribution in [0.1, 0.15) is 31.4 Å². The maximum atomic E-state index is 4.67. The molecule has 1 fully saturated rings. The van der Waals surface area contributed by atoms with Crippen LogP contribution in [0.2, 0.25) is 0 Å². The van der Waals surface area contributed by atoms with Crippen LogP contribution in [0, 0.1) is 5.92 Å².